The van der Waals surface area contributed by atoms with E-state index in [1.807, 2.05) is 0 Å². The minimum absolute atomic E-state index is 0.0943. The van der Waals surface area contributed by atoms with Gasteiger partial charge in [0, 0.05) is 24.7 Å². The molecule has 0 aliphatic heterocycles. The summed E-state index contributed by atoms with van der Waals surface area (Å²) < 4.78 is 57.4. The number of benzene rings is 2. The van der Waals surface area contributed by atoms with Crippen LogP contribution in [0.4, 0.5) is 17.6 Å². The Morgan fingerprint density at radius 1 is 1.16 bits per heavy atom. The highest BCUT2D eigenvalue weighted by molar-refractivity contribution is 5.30. The summed E-state index contributed by atoms with van der Waals surface area (Å²) in [6.45, 7) is 2.12. The van der Waals surface area contributed by atoms with Crippen molar-refractivity contribution in [2.45, 2.75) is 32.4 Å². The Balaban J connectivity index is 1.96. The zero-order chi connectivity index (χ0) is 18.4. The molecule has 0 aliphatic rings. The maximum absolute atomic E-state index is 14.0. The van der Waals surface area contributed by atoms with Crippen LogP contribution in [-0.4, -0.2) is 17.8 Å². The Hall–Kier alpha value is -2.12. The average molecular weight is 357 g/mol. The van der Waals surface area contributed by atoms with Gasteiger partial charge in [-0.15, -0.1) is 0 Å². The molecule has 0 radical (unpaired) electrons. The molecule has 136 valence electrons. The third-order valence-electron chi connectivity index (χ3n) is 3.44. The number of aliphatic hydroxyl groups excluding tert-OH is 1. The second-order valence-corrected chi connectivity index (χ2v) is 5.72. The summed E-state index contributed by atoms with van der Waals surface area (Å²) in [5.41, 5.74) is 0.00398. The molecule has 7 heteroatoms. The van der Waals surface area contributed by atoms with Gasteiger partial charge in [0.15, 0.2) is 0 Å². The molecular weight excluding hydrogens is 338 g/mol. The number of alkyl halides is 3. The van der Waals surface area contributed by atoms with E-state index < -0.39 is 23.7 Å². The van der Waals surface area contributed by atoms with Crippen LogP contribution < -0.4 is 10.1 Å². The SMILES string of the molecule is C[C@H](O)CNCc1ccc(OCc2cccc(C(F)(F)F)c2)cc1F. The number of halogens is 4. The summed E-state index contributed by atoms with van der Waals surface area (Å²) in [5.74, 6) is -0.256. The van der Waals surface area contributed by atoms with Crippen LogP contribution in [0.5, 0.6) is 5.75 Å². The van der Waals surface area contributed by atoms with Crippen molar-refractivity contribution >= 4 is 0 Å². The van der Waals surface area contributed by atoms with E-state index in [1.54, 1.807) is 13.0 Å². The quantitative estimate of drug-likeness (QED) is 0.739. The molecule has 0 heterocycles. The van der Waals surface area contributed by atoms with Gasteiger partial charge in [-0.2, -0.15) is 13.2 Å². The van der Waals surface area contributed by atoms with E-state index in [4.69, 9.17) is 9.84 Å². The minimum Gasteiger partial charge on any atom is -0.489 e. The fraction of sp³-hybridized carbons (Fsp3) is 0.333. The lowest BCUT2D eigenvalue weighted by molar-refractivity contribution is -0.137. The number of nitrogens with one attached hydrogen (secondary N) is 1. The summed E-state index contributed by atoms with van der Waals surface area (Å²) in [7, 11) is 0. The van der Waals surface area contributed by atoms with Crippen molar-refractivity contribution in [2.24, 2.45) is 0 Å². The van der Waals surface area contributed by atoms with Crippen LogP contribution in [0, 0.1) is 5.82 Å². The Morgan fingerprint density at radius 3 is 2.56 bits per heavy atom. The zero-order valence-electron chi connectivity index (χ0n) is 13.6. The van der Waals surface area contributed by atoms with Gasteiger partial charge in [0.05, 0.1) is 11.7 Å². The Kier molecular flexibility index (Phi) is 6.39. The molecule has 2 aromatic rings. The Labute approximate surface area is 143 Å². The van der Waals surface area contributed by atoms with Crippen molar-refractivity contribution in [3.8, 4) is 5.75 Å². The van der Waals surface area contributed by atoms with Crippen LogP contribution in [0.3, 0.4) is 0 Å². The molecule has 0 aliphatic carbocycles. The summed E-state index contributed by atoms with van der Waals surface area (Å²) in [6.07, 6.45) is -4.94. The lowest BCUT2D eigenvalue weighted by Crippen LogP contribution is -2.24. The van der Waals surface area contributed by atoms with Crippen molar-refractivity contribution < 1.29 is 27.4 Å². The highest BCUT2D eigenvalue weighted by Gasteiger charge is 2.30. The van der Waals surface area contributed by atoms with E-state index in [0.717, 1.165) is 12.1 Å². The topological polar surface area (TPSA) is 41.5 Å². The van der Waals surface area contributed by atoms with E-state index in [0.29, 0.717) is 17.7 Å². The van der Waals surface area contributed by atoms with Gasteiger partial charge in [-0.1, -0.05) is 18.2 Å². The second-order valence-electron chi connectivity index (χ2n) is 5.72. The lowest BCUT2D eigenvalue weighted by atomic mass is 10.1. The third-order valence-corrected chi connectivity index (χ3v) is 3.44. The van der Waals surface area contributed by atoms with Crippen molar-refractivity contribution in [3.63, 3.8) is 0 Å². The van der Waals surface area contributed by atoms with E-state index >= 15 is 0 Å². The van der Waals surface area contributed by atoms with Crippen LogP contribution in [-0.2, 0) is 19.3 Å². The number of hydrogen-bond donors (Lipinski definition) is 2. The van der Waals surface area contributed by atoms with Gasteiger partial charge in [-0.3, -0.25) is 0 Å². The second kappa shape index (κ2) is 8.31. The number of ether oxygens (including phenoxy) is 1. The molecule has 2 aromatic carbocycles. The zero-order valence-corrected chi connectivity index (χ0v) is 13.6. The van der Waals surface area contributed by atoms with E-state index in [2.05, 4.69) is 5.32 Å². The smallest absolute Gasteiger partial charge is 0.416 e. The highest BCUT2D eigenvalue weighted by Crippen LogP contribution is 2.29. The molecule has 2 rings (SSSR count). The predicted molar refractivity (Wildman–Crippen MR) is 85.6 cm³/mol. The van der Waals surface area contributed by atoms with E-state index in [9.17, 15) is 17.6 Å². The molecular formula is C18H19F4NO2. The first-order valence-electron chi connectivity index (χ1n) is 7.72. The van der Waals surface area contributed by atoms with Gasteiger partial charge < -0.3 is 15.2 Å². The molecule has 2 N–H and O–H groups in total. The largest absolute Gasteiger partial charge is 0.489 e. The normalized spacial score (nSPS) is 12.9. The molecule has 0 spiro atoms. The summed E-state index contributed by atoms with van der Waals surface area (Å²) in [5, 5.41) is 12.0. The number of aliphatic hydroxyl groups is 1. The maximum Gasteiger partial charge on any atom is 0.416 e. The lowest BCUT2D eigenvalue weighted by Gasteiger charge is -2.11. The van der Waals surface area contributed by atoms with Crippen LogP contribution in [0.2, 0.25) is 0 Å². The van der Waals surface area contributed by atoms with E-state index in [1.165, 1.54) is 24.3 Å². The molecule has 0 unspecified atom stereocenters. The molecule has 3 nitrogen and oxygen atoms in total. The van der Waals surface area contributed by atoms with Crippen molar-refractivity contribution in [3.05, 3.63) is 65.0 Å². The first-order chi connectivity index (χ1) is 11.8. The maximum atomic E-state index is 14.0. The van der Waals surface area contributed by atoms with E-state index in [-0.39, 0.29) is 18.9 Å². The molecule has 0 fully saturated rings. The Morgan fingerprint density at radius 2 is 1.92 bits per heavy atom. The van der Waals surface area contributed by atoms with Gasteiger partial charge in [0.25, 0.3) is 0 Å². The van der Waals surface area contributed by atoms with Crippen molar-refractivity contribution in [1.29, 1.82) is 0 Å². The molecule has 0 aromatic heterocycles. The fourth-order valence-corrected chi connectivity index (χ4v) is 2.18. The third kappa shape index (κ3) is 6.03. The first kappa shape index (κ1) is 19.2. The average Bonchev–Trinajstić information content (AvgIpc) is 2.54. The van der Waals surface area contributed by atoms with Crippen LogP contribution in [0.1, 0.15) is 23.6 Å². The Bertz CT molecular complexity index is 702. The first-order valence-corrected chi connectivity index (χ1v) is 7.72. The van der Waals surface area contributed by atoms with Crippen LogP contribution in [0.25, 0.3) is 0 Å². The summed E-state index contributed by atoms with van der Waals surface area (Å²) >= 11 is 0. The molecule has 0 bridgehead atoms. The highest BCUT2D eigenvalue weighted by atomic mass is 19.4. The molecule has 0 saturated carbocycles. The minimum atomic E-state index is -4.41. The van der Waals surface area contributed by atoms with Gasteiger partial charge >= 0.3 is 6.18 Å². The van der Waals surface area contributed by atoms with Gasteiger partial charge in [-0.05, 0) is 30.7 Å². The monoisotopic (exact) mass is 357 g/mol. The van der Waals surface area contributed by atoms with Crippen molar-refractivity contribution in [1.82, 2.24) is 5.32 Å². The van der Waals surface area contributed by atoms with Gasteiger partial charge in [0.2, 0.25) is 0 Å². The standard InChI is InChI=1S/C18H19F4NO2/c1-12(24)9-23-10-14-5-6-16(8-17(14)19)25-11-13-3-2-4-15(7-13)18(20,21)22/h2-8,12,23-24H,9-11H2,1H3/t12-/m0/s1. The summed E-state index contributed by atoms with van der Waals surface area (Å²) in [4.78, 5) is 0. The predicted octanol–water partition coefficient (Wildman–Crippen LogP) is 3.89. The molecule has 1 atom stereocenters. The molecule has 25 heavy (non-hydrogen) atoms. The fourth-order valence-electron chi connectivity index (χ4n) is 2.18. The number of hydrogen-bond acceptors (Lipinski definition) is 3. The molecule has 0 saturated heterocycles. The summed E-state index contributed by atoms with van der Waals surface area (Å²) in [6, 6.07) is 9.08. The van der Waals surface area contributed by atoms with Gasteiger partial charge in [-0.25, -0.2) is 4.39 Å². The van der Waals surface area contributed by atoms with Crippen molar-refractivity contribution in [2.75, 3.05) is 6.54 Å². The van der Waals surface area contributed by atoms with Crippen LogP contribution >= 0.6 is 0 Å². The number of rotatable bonds is 7. The van der Waals surface area contributed by atoms with Crippen LogP contribution in [0.15, 0.2) is 42.5 Å². The van der Waals surface area contributed by atoms with Gasteiger partial charge in [0.1, 0.15) is 18.2 Å². The molecule has 0 amide bonds.